The molecule has 2 aliphatic rings. The van der Waals surface area contributed by atoms with E-state index in [2.05, 4.69) is 44.2 Å². The minimum Gasteiger partial charge on any atom is -0.307 e. The summed E-state index contributed by atoms with van der Waals surface area (Å²) in [6, 6.07) is 18.6. The van der Waals surface area contributed by atoms with Crippen LogP contribution in [0.15, 0.2) is 59.6 Å². The van der Waals surface area contributed by atoms with Crippen molar-refractivity contribution in [2.24, 2.45) is 16.3 Å². The van der Waals surface area contributed by atoms with E-state index >= 15 is 0 Å². The van der Waals surface area contributed by atoms with E-state index in [0.29, 0.717) is 6.54 Å². The number of amides is 1. The van der Waals surface area contributed by atoms with Crippen LogP contribution in [0.5, 0.6) is 0 Å². The zero-order valence-corrected chi connectivity index (χ0v) is 16.3. The summed E-state index contributed by atoms with van der Waals surface area (Å²) in [4.78, 5) is 20.6. The Labute approximate surface area is 159 Å². The molecule has 0 fully saturated rings. The maximum Gasteiger partial charge on any atom is 0.234 e. The van der Waals surface area contributed by atoms with Crippen molar-refractivity contribution in [3.8, 4) is 0 Å². The Bertz CT molecular complexity index is 859. The van der Waals surface area contributed by atoms with Crippen LogP contribution >= 0.6 is 11.8 Å². The monoisotopic (exact) mass is 364 g/mol. The van der Waals surface area contributed by atoms with Gasteiger partial charge in [0.2, 0.25) is 5.91 Å². The molecule has 0 bridgehead atoms. The second-order valence-electron chi connectivity index (χ2n) is 7.78. The molecule has 0 aromatic heterocycles. The molecule has 1 aliphatic carbocycles. The van der Waals surface area contributed by atoms with Crippen LogP contribution < -0.4 is 0 Å². The van der Waals surface area contributed by atoms with Crippen LogP contribution in [0.25, 0.3) is 0 Å². The van der Waals surface area contributed by atoms with Crippen LogP contribution in [0, 0.1) is 11.3 Å². The molecule has 3 nitrogen and oxygen atoms in total. The number of nitrogens with zero attached hydrogens (tertiary/aromatic N) is 2. The van der Waals surface area contributed by atoms with Crippen molar-refractivity contribution in [2.75, 3.05) is 6.26 Å². The van der Waals surface area contributed by atoms with Gasteiger partial charge in [-0.3, -0.25) is 9.79 Å². The average molecular weight is 365 g/mol. The van der Waals surface area contributed by atoms with E-state index in [4.69, 9.17) is 4.99 Å². The lowest BCUT2D eigenvalue weighted by molar-refractivity contribution is -0.138. The zero-order chi connectivity index (χ0) is 18.3. The Morgan fingerprint density at radius 2 is 1.81 bits per heavy atom. The first-order valence-corrected chi connectivity index (χ1v) is 10.3. The highest BCUT2D eigenvalue weighted by molar-refractivity contribution is 7.99. The van der Waals surface area contributed by atoms with Crippen LogP contribution in [0.3, 0.4) is 0 Å². The van der Waals surface area contributed by atoms with Gasteiger partial charge in [0.15, 0.2) is 5.50 Å². The third-order valence-corrected chi connectivity index (χ3v) is 6.23. The van der Waals surface area contributed by atoms with Gasteiger partial charge in [-0.1, -0.05) is 68.4 Å². The van der Waals surface area contributed by atoms with E-state index in [9.17, 15) is 4.79 Å². The van der Waals surface area contributed by atoms with Crippen molar-refractivity contribution in [3.63, 3.8) is 0 Å². The first kappa shape index (κ1) is 17.3. The van der Waals surface area contributed by atoms with E-state index in [-0.39, 0.29) is 22.7 Å². The van der Waals surface area contributed by atoms with Crippen molar-refractivity contribution in [2.45, 2.75) is 32.3 Å². The maximum atomic E-state index is 13.6. The Balaban J connectivity index is 1.79. The molecule has 0 N–H and O–H groups in total. The third-order valence-electron chi connectivity index (χ3n) is 5.45. The predicted molar refractivity (Wildman–Crippen MR) is 108 cm³/mol. The van der Waals surface area contributed by atoms with Crippen LogP contribution in [0.4, 0.5) is 0 Å². The van der Waals surface area contributed by atoms with Crippen molar-refractivity contribution in [1.29, 1.82) is 0 Å². The van der Waals surface area contributed by atoms with Crippen molar-refractivity contribution >= 4 is 23.4 Å². The Hall–Kier alpha value is -2.07. The van der Waals surface area contributed by atoms with Gasteiger partial charge < -0.3 is 4.90 Å². The fourth-order valence-corrected chi connectivity index (χ4v) is 4.87. The number of hydrogen-bond acceptors (Lipinski definition) is 3. The topological polar surface area (TPSA) is 32.7 Å². The molecule has 0 saturated carbocycles. The van der Waals surface area contributed by atoms with Gasteiger partial charge in [-0.15, -0.1) is 11.8 Å². The summed E-state index contributed by atoms with van der Waals surface area (Å²) in [5, 5.41) is 0. The Morgan fingerprint density at radius 1 is 1.12 bits per heavy atom. The van der Waals surface area contributed by atoms with Crippen LogP contribution in [0.1, 0.15) is 30.5 Å². The molecule has 0 radical (unpaired) electrons. The normalized spacial score (nSPS) is 23.9. The summed E-state index contributed by atoms with van der Waals surface area (Å²) in [6.45, 7) is 5.00. The van der Waals surface area contributed by atoms with E-state index in [1.165, 1.54) is 5.56 Å². The molecule has 1 heterocycles. The molecule has 2 unspecified atom stereocenters. The van der Waals surface area contributed by atoms with Crippen LogP contribution in [0.2, 0.25) is 0 Å². The second-order valence-corrected chi connectivity index (χ2v) is 8.68. The Kier molecular flexibility index (Phi) is 4.39. The fraction of sp³-hybridized carbons (Fsp3) is 0.364. The number of aliphatic imine (C=N–C) groups is 1. The number of benzene rings is 2. The quantitative estimate of drug-likeness (QED) is 0.810. The van der Waals surface area contributed by atoms with E-state index in [1.807, 2.05) is 35.4 Å². The third kappa shape index (κ3) is 2.86. The van der Waals surface area contributed by atoms with Crippen LogP contribution in [-0.4, -0.2) is 28.3 Å². The number of thioether (sulfide) groups is 1. The minimum atomic E-state index is -0.176. The first-order valence-electron chi connectivity index (χ1n) is 9.04. The van der Waals surface area contributed by atoms with Gasteiger partial charge in [0, 0.05) is 6.54 Å². The number of carbonyl (C=O) groups is 1. The molecule has 2 aromatic carbocycles. The first-order chi connectivity index (χ1) is 12.5. The van der Waals surface area contributed by atoms with E-state index in [1.54, 1.807) is 11.8 Å². The molecule has 0 spiro atoms. The molecule has 2 aromatic rings. The molecule has 0 saturated heterocycles. The van der Waals surface area contributed by atoms with Gasteiger partial charge in [0.05, 0.1) is 11.6 Å². The van der Waals surface area contributed by atoms with Gasteiger partial charge in [0.1, 0.15) is 0 Å². The molecule has 4 rings (SSSR count). The SMILES string of the molecule is CSC1N=C2c3ccccc3CC(C)(C)C2C(=O)N1Cc1ccccc1. The summed E-state index contributed by atoms with van der Waals surface area (Å²) in [5.74, 6) is 0.0298. The largest absolute Gasteiger partial charge is 0.307 e. The molecule has 1 amide bonds. The molecule has 2 atom stereocenters. The summed E-state index contributed by atoms with van der Waals surface area (Å²) >= 11 is 1.62. The fourth-order valence-electron chi connectivity index (χ4n) is 4.22. The molecule has 4 heteroatoms. The maximum absolute atomic E-state index is 13.6. The predicted octanol–water partition coefficient (Wildman–Crippen LogP) is 4.36. The van der Waals surface area contributed by atoms with Gasteiger partial charge in [-0.2, -0.15) is 0 Å². The van der Waals surface area contributed by atoms with Crippen molar-refractivity contribution < 1.29 is 4.79 Å². The van der Waals surface area contributed by atoms with Crippen LogP contribution in [-0.2, 0) is 17.8 Å². The summed E-state index contributed by atoms with van der Waals surface area (Å²) in [5.41, 5.74) is 4.28. The highest BCUT2D eigenvalue weighted by Crippen LogP contribution is 2.44. The second kappa shape index (κ2) is 6.58. The summed E-state index contributed by atoms with van der Waals surface area (Å²) < 4.78 is 0. The zero-order valence-electron chi connectivity index (χ0n) is 15.5. The van der Waals surface area contributed by atoms with Crippen molar-refractivity contribution in [1.82, 2.24) is 4.90 Å². The smallest absolute Gasteiger partial charge is 0.234 e. The Morgan fingerprint density at radius 3 is 2.54 bits per heavy atom. The molecule has 26 heavy (non-hydrogen) atoms. The average Bonchev–Trinajstić information content (AvgIpc) is 2.63. The van der Waals surface area contributed by atoms with Crippen molar-refractivity contribution in [3.05, 3.63) is 71.3 Å². The number of fused-ring (bicyclic) bond motifs is 3. The van der Waals surface area contributed by atoms with Gasteiger partial charge in [-0.05, 0) is 34.8 Å². The van der Waals surface area contributed by atoms with Gasteiger partial charge >= 0.3 is 0 Å². The lowest BCUT2D eigenvalue weighted by Gasteiger charge is -2.46. The van der Waals surface area contributed by atoms with Gasteiger partial charge in [-0.25, -0.2) is 0 Å². The summed E-state index contributed by atoms with van der Waals surface area (Å²) in [6.07, 6.45) is 2.93. The summed E-state index contributed by atoms with van der Waals surface area (Å²) in [7, 11) is 0. The van der Waals surface area contributed by atoms with E-state index in [0.717, 1.165) is 23.3 Å². The highest BCUT2D eigenvalue weighted by Gasteiger charge is 2.49. The van der Waals surface area contributed by atoms with E-state index < -0.39 is 0 Å². The minimum absolute atomic E-state index is 0.136. The number of rotatable bonds is 3. The molecular weight excluding hydrogens is 340 g/mol. The lowest BCUT2D eigenvalue weighted by atomic mass is 9.64. The number of carbonyl (C=O) groups excluding carboxylic acids is 1. The lowest BCUT2D eigenvalue weighted by Crippen LogP contribution is -2.55. The standard InChI is InChI=1S/C22H24N2OS/c1-22(2)13-16-11-7-8-12-17(16)19-18(22)20(25)24(21(23-19)26-3)14-15-9-5-4-6-10-15/h4-12,18,21H,13-14H2,1-3H3. The molecule has 1 aliphatic heterocycles. The number of hydrogen-bond donors (Lipinski definition) is 0. The highest BCUT2D eigenvalue weighted by atomic mass is 32.2. The van der Waals surface area contributed by atoms with Gasteiger partial charge in [0.25, 0.3) is 0 Å². The molecule has 134 valence electrons. The molecular formula is C22H24N2OS.